The number of unbranched alkanes of at least 4 members (excludes halogenated alkanes) is 1. The van der Waals surface area contributed by atoms with Gasteiger partial charge in [0.25, 0.3) is 5.56 Å². The molecule has 7 heteroatoms. The van der Waals surface area contributed by atoms with E-state index in [2.05, 4.69) is 43.2 Å². The molecule has 3 rings (SSSR count). The summed E-state index contributed by atoms with van der Waals surface area (Å²) in [5, 5.41) is 5.37. The zero-order valence-electron chi connectivity index (χ0n) is 16.4. The third kappa shape index (κ3) is 4.83. The normalized spacial score (nSPS) is 11.1. The Bertz CT molecular complexity index is 1040. The Morgan fingerprint density at radius 2 is 2.07 bits per heavy atom. The second-order valence-corrected chi connectivity index (χ2v) is 8.69. The van der Waals surface area contributed by atoms with Gasteiger partial charge in [0.15, 0.2) is 5.16 Å². The van der Waals surface area contributed by atoms with Crippen LogP contribution in [-0.2, 0) is 11.3 Å². The summed E-state index contributed by atoms with van der Waals surface area (Å²) in [6.07, 6.45) is 2.01. The number of fused-ring (bicyclic) bond motifs is 1. The first kappa shape index (κ1) is 20.6. The van der Waals surface area contributed by atoms with Gasteiger partial charge in [-0.05, 0) is 48.4 Å². The van der Waals surface area contributed by atoms with Crippen LogP contribution in [0.25, 0.3) is 10.2 Å². The molecule has 0 saturated heterocycles. The van der Waals surface area contributed by atoms with E-state index in [1.807, 2.05) is 17.5 Å². The van der Waals surface area contributed by atoms with Crippen molar-refractivity contribution in [1.82, 2.24) is 14.9 Å². The number of hydrogen-bond donors (Lipinski definition) is 1. The Balaban J connectivity index is 1.87. The summed E-state index contributed by atoms with van der Waals surface area (Å²) in [5.41, 5.74) is 4.12. The maximum Gasteiger partial charge on any atom is 0.272 e. The van der Waals surface area contributed by atoms with Gasteiger partial charge in [0.2, 0.25) is 5.91 Å². The first-order chi connectivity index (χ1) is 13.5. The largest absolute Gasteiger partial charge is 0.355 e. The SMILES string of the molecule is CCCCNC(=O)CSc1nc2ccsc2c(=O)n1Cc1ccc(C)c(C)c1. The highest BCUT2D eigenvalue weighted by molar-refractivity contribution is 7.99. The number of aromatic nitrogens is 2. The molecule has 5 nitrogen and oxygen atoms in total. The number of amides is 1. The van der Waals surface area contributed by atoms with Crippen LogP contribution in [0.5, 0.6) is 0 Å². The minimum atomic E-state index is -0.0490. The average Bonchev–Trinajstić information content (AvgIpc) is 3.14. The fraction of sp³-hybridized carbons (Fsp3) is 0.381. The number of thiophene rings is 1. The smallest absolute Gasteiger partial charge is 0.272 e. The molecule has 1 aromatic carbocycles. The summed E-state index contributed by atoms with van der Waals surface area (Å²) in [7, 11) is 0. The Hall–Kier alpha value is -2.12. The van der Waals surface area contributed by atoms with E-state index in [1.165, 1.54) is 34.2 Å². The van der Waals surface area contributed by atoms with Crippen molar-refractivity contribution in [3.05, 3.63) is 56.7 Å². The molecule has 0 aliphatic rings. The van der Waals surface area contributed by atoms with Crippen LogP contribution in [0.3, 0.4) is 0 Å². The van der Waals surface area contributed by atoms with E-state index >= 15 is 0 Å². The van der Waals surface area contributed by atoms with Gasteiger partial charge in [-0.15, -0.1) is 11.3 Å². The first-order valence-corrected chi connectivity index (χ1v) is 11.3. The lowest BCUT2D eigenvalue weighted by atomic mass is 10.1. The third-order valence-corrected chi connectivity index (χ3v) is 6.50. The number of thioether (sulfide) groups is 1. The van der Waals surface area contributed by atoms with Gasteiger partial charge < -0.3 is 5.32 Å². The summed E-state index contributed by atoms with van der Waals surface area (Å²) in [4.78, 5) is 29.8. The van der Waals surface area contributed by atoms with E-state index in [4.69, 9.17) is 0 Å². The number of aryl methyl sites for hydroxylation is 2. The number of benzene rings is 1. The summed E-state index contributed by atoms with van der Waals surface area (Å²) in [5.74, 6) is 0.217. The average molecular weight is 416 g/mol. The van der Waals surface area contributed by atoms with Gasteiger partial charge in [-0.3, -0.25) is 14.2 Å². The van der Waals surface area contributed by atoms with Crippen LogP contribution in [-0.4, -0.2) is 27.8 Å². The summed E-state index contributed by atoms with van der Waals surface area (Å²) in [6, 6.07) is 8.07. The molecule has 0 atom stereocenters. The minimum absolute atomic E-state index is 0.0316. The number of carbonyl (C=O) groups excluding carboxylic acids is 1. The van der Waals surface area contributed by atoms with Crippen molar-refractivity contribution in [3.63, 3.8) is 0 Å². The number of hydrogen-bond acceptors (Lipinski definition) is 5. The van der Waals surface area contributed by atoms with E-state index in [-0.39, 0.29) is 17.2 Å². The van der Waals surface area contributed by atoms with Crippen molar-refractivity contribution < 1.29 is 4.79 Å². The van der Waals surface area contributed by atoms with Crippen molar-refractivity contribution in [3.8, 4) is 0 Å². The molecule has 0 spiro atoms. The molecular formula is C21H25N3O2S2. The highest BCUT2D eigenvalue weighted by Gasteiger charge is 2.15. The van der Waals surface area contributed by atoms with Crippen LogP contribution in [0.15, 0.2) is 39.6 Å². The quantitative estimate of drug-likeness (QED) is 0.341. The molecule has 0 unspecified atom stereocenters. The molecule has 0 aliphatic heterocycles. The first-order valence-electron chi connectivity index (χ1n) is 9.43. The van der Waals surface area contributed by atoms with E-state index in [0.717, 1.165) is 18.4 Å². The van der Waals surface area contributed by atoms with Gasteiger partial charge in [0.05, 0.1) is 17.8 Å². The summed E-state index contributed by atoms with van der Waals surface area (Å²) < 4.78 is 2.34. The highest BCUT2D eigenvalue weighted by atomic mass is 32.2. The molecule has 0 bridgehead atoms. The topological polar surface area (TPSA) is 64.0 Å². The van der Waals surface area contributed by atoms with E-state index < -0.39 is 0 Å². The molecular weight excluding hydrogens is 390 g/mol. The van der Waals surface area contributed by atoms with Crippen LogP contribution in [0.1, 0.15) is 36.5 Å². The third-order valence-electron chi connectivity index (χ3n) is 4.63. The lowest BCUT2D eigenvalue weighted by molar-refractivity contribution is -0.118. The van der Waals surface area contributed by atoms with Gasteiger partial charge in [0.1, 0.15) is 4.70 Å². The van der Waals surface area contributed by atoms with E-state index in [9.17, 15) is 9.59 Å². The zero-order chi connectivity index (χ0) is 20.1. The van der Waals surface area contributed by atoms with E-state index in [1.54, 1.807) is 4.57 Å². The summed E-state index contributed by atoms with van der Waals surface area (Å²) >= 11 is 2.72. The van der Waals surface area contributed by atoms with Gasteiger partial charge in [-0.2, -0.15) is 0 Å². The predicted octanol–water partition coefficient (Wildman–Crippen LogP) is 4.13. The van der Waals surface area contributed by atoms with E-state index in [0.29, 0.717) is 28.5 Å². The molecule has 0 radical (unpaired) electrons. The maximum atomic E-state index is 13.0. The lowest BCUT2D eigenvalue weighted by Gasteiger charge is -2.13. The zero-order valence-corrected chi connectivity index (χ0v) is 18.1. The lowest BCUT2D eigenvalue weighted by Crippen LogP contribution is -2.27. The van der Waals surface area contributed by atoms with Crippen LogP contribution in [0.2, 0.25) is 0 Å². The van der Waals surface area contributed by atoms with Gasteiger partial charge >= 0.3 is 0 Å². The number of nitrogens with zero attached hydrogens (tertiary/aromatic N) is 2. The number of nitrogens with one attached hydrogen (secondary N) is 1. The van der Waals surface area contributed by atoms with Crippen LogP contribution < -0.4 is 10.9 Å². The molecule has 2 aromatic heterocycles. The fourth-order valence-corrected chi connectivity index (χ4v) is 4.45. The highest BCUT2D eigenvalue weighted by Crippen LogP contribution is 2.22. The standard InChI is InChI=1S/C21H25N3O2S2/c1-4-5-9-22-18(25)13-28-21-23-17-8-10-27-19(17)20(26)24(21)12-16-7-6-14(2)15(3)11-16/h6-8,10-11H,4-5,9,12-13H2,1-3H3,(H,22,25). The van der Waals surface area contributed by atoms with Crippen molar-refractivity contribution >= 4 is 39.2 Å². The van der Waals surface area contributed by atoms with Crippen molar-refractivity contribution in [2.24, 2.45) is 0 Å². The molecule has 28 heavy (non-hydrogen) atoms. The van der Waals surface area contributed by atoms with Crippen LogP contribution in [0, 0.1) is 13.8 Å². The minimum Gasteiger partial charge on any atom is -0.355 e. The van der Waals surface area contributed by atoms with Gasteiger partial charge in [0, 0.05) is 6.54 Å². The molecule has 0 aliphatic carbocycles. The summed E-state index contributed by atoms with van der Waals surface area (Å²) in [6.45, 7) is 7.36. The second kappa shape index (κ2) is 9.39. The predicted molar refractivity (Wildman–Crippen MR) is 118 cm³/mol. The molecule has 2 heterocycles. The van der Waals surface area contributed by atoms with Gasteiger partial charge in [-0.1, -0.05) is 43.3 Å². The van der Waals surface area contributed by atoms with Crippen molar-refractivity contribution in [2.45, 2.75) is 45.3 Å². The monoisotopic (exact) mass is 415 g/mol. The number of rotatable bonds is 8. The van der Waals surface area contributed by atoms with Crippen molar-refractivity contribution in [1.29, 1.82) is 0 Å². The molecule has 0 saturated carbocycles. The Labute approximate surface area is 173 Å². The van der Waals surface area contributed by atoms with Gasteiger partial charge in [-0.25, -0.2) is 4.98 Å². The molecule has 1 amide bonds. The molecule has 148 valence electrons. The fourth-order valence-electron chi connectivity index (χ4n) is 2.84. The maximum absolute atomic E-state index is 13.0. The molecule has 0 fully saturated rings. The second-order valence-electron chi connectivity index (χ2n) is 6.83. The van der Waals surface area contributed by atoms with Crippen LogP contribution >= 0.6 is 23.1 Å². The number of carbonyl (C=O) groups is 1. The van der Waals surface area contributed by atoms with Crippen molar-refractivity contribution in [2.75, 3.05) is 12.3 Å². The molecule has 3 aromatic rings. The molecule has 1 N–H and O–H groups in total. The Morgan fingerprint density at radius 1 is 1.25 bits per heavy atom. The van der Waals surface area contributed by atoms with Crippen LogP contribution in [0.4, 0.5) is 0 Å². The Kier molecular flexibility index (Phi) is 6.91. The Morgan fingerprint density at radius 3 is 2.82 bits per heavy atom.